The van der Waals surface area contributed by atoms with E-state index in [2.05, 4.69) is 16.0 Å². The maximum Gasteiger partial charge on any atom is 0.222 e. The average molecular weight is 385 g/mol. The van der Waals surface area contributed by atoms with E-state index in [0.717, 1.165) is 50.0 Å². The fraction of sp³-hybridized carbons (Fsp3) is 0.524. The Morgan fingerprint density at radius 2 is 2.14 bits per heavy atom. The number of hydrogen-bond acceptors (Lipinski definition) is 4. The second kappa shape index (κ2) is 8.41. The van der Waals surface area contributed by atoms with Crippen molar-refractivity contribution in [2.24, 2.45) is 13.0 Å². The third-order valence-corrected chi connectivity index (χ3v) is 6.03. The molecule has 0 aliphatic carbocycles. The normalized spacial score (nSPS) is 25.2. The van der Waals surface area contributed by atoms with E-state index in [-0.39, 0.29) is 23.7 Å². The predicted octanol–water partition coefficient (Wildman–Crippen LogP) is 1.99. The monoisotopic (exact) mass is 385 g/mol. The van der Waals surface area contributed by atoms with Gasteiger partial charge in [-0.25, -0.2) is 4.39 Å². The van der Waals surface area contributed by atoms with Gasteiger partial charge in [-0.05, 0) is 48.4 Å². The lowest BCUT2D eigenvalue weighted by Crippen LogP contribution is -2.48. The lowest BCUT2D eigenvalue weighted by molar-refractivity contribution is -0.133. The van der Waals surface area contributed by atoms with Crippen molar-refractivity contribution in [3.8, 4) is 0 Å². The summed E-state index contributed by atoms with van der Waals surface area (Å²) in [5, 5.41) is 4.17. The highest BCUT2D eigenvalue weighted by Crippen LogP contribution is 2.32. The molecule has 7 heteroatoms. The van der Waals surface area contributed by atoms with Crippen molar-refractivity contribution < 1.29 is 9.18 Å². The van der Waals surface area contributed by atoms with Crippen molar-refractivity contribution in [2.75, 3.05) is 19.6 Å². The summed E-state index contributed by atoms with van der Waals surface area (Å²) in [4.78, 5) is 14.8. The number of halogens is 1. The molecule has 150 valence electrons. The van der Waals surface area contributed by atoms with E-state index in [0.29, 0.717) is 12.3 Å². The fourth-order valence-corrected chi connectivity index (χ4v) is 4.54. The van der Waals surface area contributed by atoms with E-state index in [1.54, 1.807) is 4.68 Å². The summed E-state index contributed by atoms with van der Waals surface area (Å²) in [7, 11) is 1.89. The van der Waals surface area contributed by atoms with Crippen LogP contribution in [0, 0.1) is 11.7 Å². The SMILES string of the molecule is Cn1cc(CCC(=O)N2CCCC(C3NNCC3c3ccc(F)cc3)C2)cn1. The number of nitrogens with zero attached hydrogens (tertiary/aromatic N) is 3. The summed E-state index contributed by atoms with van der Waals surface area (Å²) in [5.74, 6) is 0.692. The molecule has 0 bridgehead atoms. The molecule has 2 aliphatic rings. The van der Waals surface area contributed by atoms with Gasteiger partial charge in [-0.3, -0.25) is 20.3 Å². The lowest BCUT2D eigenvalue weighted by atomic mass is 9.81. The number of amides is 1. The predicted molar refractivity (Wildman–Crippen MR) is 105 cm³/mol. The molecule has 0 radical (unpaired) electrons. The van der Waals surface area contributed by atoms with Crippen LogP contribution in [0.5, 0.6) is 0 Å². The standard InChI is InChI=1S/C21H28FN5O/c1-26-13-15(11-24-26)4-9-20(28)27-10-2-3-17(14-27)21-19(12-23-25-21)16-5-7-18(22)8-6-16/h5-8,11,13,17,19,21,23,25H,2-4,9-10,12,14H2,1H3. The Bertz CT molecular complexity index is 805. The number of piperidine rings is 1. The lowest BCUT2D eigenvalue weighted by Gasteiger charge is -2.37. The molecule has 6 nitrogen and oxygen atoms in total. The van der Waals surface area contributed by atoms with Crippen LogP contribution in [0.4, 0.5) is 4.39 Å². The summed E-state index contributed by atoms with van der Waals surface area (Å²) in [5.41, 5.74) is 8.93. The van der Waals surface area contributed by atoms with Crippen molar-refractivity contribution in [1.29, 1.82) is 0 Å². The van der Waals surface area contributed by atoms with Crippen LogP contribution in [-0.4, -0.2) is 46.3 Å². The Morgan fingerprint density at radius 3 is 2.89 bits per heavy atom. The molecule has 2 aliphatic heterocycles. The maximum atomic E-state index is 13.3. The first kappa shape index (κ1) is 19.1. The molecule has 1 aromatic heterocycles. The van der Waals surface area contributed by atoms with E-state index in [9.17, 15) is 9.18 Å². The minimum atomic E-state index is -0.206. The van der Waals surface area contributed by atoms with Crippen LogP contribution in [0.3, 0.4) is 0 Å². The molecule has 3 unspecified atom stereocenters. The van der Waals surface area contributed by atoms with Crippen molar-refractivity contribution in [1.82, 2.24) is 25.5 Å². The molecule has 3 heterocycles. The first-order chi connectivity index (χ1) is 13.6. The zero-order valence-corrected chi connectivity index (χ0v) is 16.3. The van der Waals surface area contributed by atoms with Crippen LogP contribution >= 0.6 is 0 Å². The number of aryl methyl sites for hydroxylation is 2. The van der Waals surface area contributed by atoms with Crippen molar-refractivity contribution >= 4 is 5.91 Å². The molecule has 28 heavy (non-hydrogen) atoms. The largest absolute Gasteiger partial charge is 0.342 e. The van der Waals surface area contributed by atoms with Gasteiger partial charge >= 0.3 is 0 Å². The Morgan fingerprint density at radius 1 is 1.32 bits per heavy atom. The highest BCUT2D eigenvalue weighted by atomic mass is 19.1. The maximum absolute atomic E-state index is 13.3. The quantitative estimate of drug-likeness (QED) is 0.826. The van der Waals surface area contributed by atoms with Crippen LogP contribution < -0.4 is 10.9 Å². The summed E-state index contributed by atoms with van der Waals surface area (Å²) >= 11 is 0. The zero-order valence-electron chi connectivity index (χ0n) is 16.3. The van der Waals surface area contributed by atoms with E-state index in [1.807, 2.05) is 36.5 Å². The van der Waals surface area contributed by atoms with Gasteiger partial charge in [-0.1, -0.05) is 12.1 Å². The van der Waals surface area contributed by atoms with Gasteiger partial charge in [0.25, 0.3) is 0 Å². The number of nitrogens with one attached hydrogen (secondary N) is 2. The molecule has 2 aromatic rings. The van der Waals surface area contributed by atoms with Crippen LogP contribution in [0.2, 0.25) is 0 Å². The smallest absolute Gasteiger partial charge is 0.222 e. The number of likely N-dealkylation sites (tertiary alicyclic amines) is 1. The van der Waals surface area contributed by atoms with E-state index < -0.39 is 0 Å². The van der Waals surface area contributed by atoms with E-state index in [4.69, 9.17) is 0 Å². The third-order valence-electron chi connectivity index (χ3n) is 6.03. The van der Waals surface area contributed by atoms with Crippen LogP contribution in [0.15, 0.2) is 36.7 Å². The van der Waals surface area contributed by atoms with Crippen LogP contribution in [0.1, 0.15) is 36.3 Å². The fourth-order valence-electron chi connectivity index (χ4n) is 4.54. The number of carbonyl (C=O) groups excluding carboxylic acids is 1. The first-order valence-electron chi connectivity index (χ1n) is 10.1. The molecule has 2 saturated heterocycles. The Kier molecular flexibility index (Phi) is 5.73. The molecule has 1 aromatic carbocycles. The summed E-state index contributed by atoms with van der Waals surface area (Å²) < 4.78 is 15.1. The van der Waals surface area contributed by atoms with Gasteiger partial charge in [0.15, 0.2) is 0 Å². The number of benzene rings is 1. The second-order valence-electron chi connectivity index (χ2n) is 7.97. The van der Waals surface area contributed by atoms with Gasteiger partial charge < -0.3 is 4.90 Å². The van der Waals surface area contributed by atoms with Gasteiger partial charge in [0, 0.05) is 51.3 Å². The van der Waals surface area contributed by atoms with Crippen molar-refractivity contribution in [3.63, 3.8) is 0 Å². The van der Waals surface area contributed by atoms with Gasteiger partial charge in [-0.15, -0.1) is 0 Å². The Hall–Kier alpha value is -2.25. The number of rotatable bonds is 5. The molecule has 1 amide bonds. The molecule has 4 rings (SSSR count). The molecule has 3 atom stereocenters. The average Bonchev–Trinajstić information content (AvgIpc) is 3.36. The zero-order chi connectivity index (χ0) is 19.5. The van der Waals surface area contributed by atoms with Crippen LogP contribution in [0.25, 0.3) is 0 Å². The van der Waals surface area contributed by atoms with Crippen molar-refractivity contribution in [2.45, 2.75) is 37.6 Å². The Balaban J connectivity index is 1.37. The number of carbonyl (C=O) groups is 1. The van der Waals surface area contributed by atoms with Gasteiger partial charge in [-0.2, -0.15) is 5.10 Å². The molecule has 2 N–H and O–H groups in total. The number of aromatic nitrogens is 2. The number of hydrazine groups is 1. The van der Waals surface area contributed by atoms with Crippen molar-refractivity contribution in [3.05, 3.63) is 53.6 Å². The summed E-state index contributed by atoms with van der Waals surface area (Å²) in [6.45, 7) is 2.44. The van der Waals surface area contributed by atoms with E-state index in [1.165, 1.54) is 12.1 Å². The van der Waals surface area contributed by atoms with E-state index >= 15 is 0 Å². The van der Waals surface area contributed by atoms with Gasteiger partial charge in [0.05, 0.1) is 6.20 Å². The minimum Gasteiger partial charge on any atom is -0.342 e. The highest BCUT2D eigenvalue weighted by molar-refractivity contribution is 5.76. The van der Waals surface area contributed by atoms with Gasteiger partial charge in [0.2, 0.25) is 5.91 Å². The minimum absolute atomic E-state index is 0.206. The third kappa shape index (κ3) is 4.25. The molecule has 0 saturated carbocycles. The molecule has 0 spiro atoms. The Labute approximate surface area is 165 Å². The second-order valence-corrected chi connectivity index (χ2v) is 7.97. The molecular formula is C21H28FN5O. The highest BCUT2D eigenvalue weighted by Gasteiger charge is 2.37. The van der Waals surface area contributed by atoms with Gasteiger partial charge in [0.1, 0.15) is 5.82 Å². The first-order valence-corrected chi connectivity index (χ1v) is 10.1. The molecular weight excluding hydrogens is 357 g/mol. The number of hydrogen-bond donors (Lipinski definition) is 2. The topological polar surface area (TPSA) is 62.2 Å². The summed E-state index contributed by atoms with van der Waals surface area (Å²) in [6.07, 6.45) is 7.17. The van der Waals surface area contributed by atoms with Crippen LogP contribution in [-0.2, 0) is 18.3 Å². The summed E-state index contributed by atoms with van der Waals surface area (Å²) in [6, 6.07) is 7.06. The molecule has 2 fully saturated rings.